The number of nitrogens with zero attached hydrogens (tertiary/aromatic N) is 3. The number of carbonyl (C=O) groups excluding carboxylic acids is 1. The standard InChI is InChI=1S/C7H10ClN5O4S/c1-3-17-7-10-4(2)9-5(12-7)11-6(14)13-18(8,15)16/h3H2,1-2H3,(H2,9,10,11,12,13,14). The van der Waals surface area contributed by atoms with Crippen LogP contribution in [0.2, 0.25) is 0 Å². The van der Waals surface area contributed by atoms with Gasteiger partial charge < -0.3 is 4.74 Å². The van der Waals surface area contributed by atoms with Crippen LogP contribution in [0.4, 0.5) is 10.7 Å². The number of carbonyl (C=O) groups is 1. The zero-order valence-electron chi connectivity index (χ0n) is 9.47. The van der Waals surface area contributed by atoms with E-state index in [9.17, 15) is 13.2 Å². The number of urea groups is 1. The van der Waals surface area contributed by atoms with Crippen molar-refractivity contribution >= 4 is 31.9 Å². The monoisotopic (exact) mass is 295 g/mol. The number of aryl methyl sites for hydroxylation is 1. The quantitative estimate of drug-likeness (QED) is 0.760. The van der Waals surface area contributed by atoms with Gasteiger partial charge in [-0.2, -0.15) is 23.4 Å². The summed E-state index contributed by atoms with van der Waals surface area (Å²) in [6.07, 6.45) is 0. The summed E-state index contributed by atoms with van der Waals surface area (Å²) in [5, 5.41) is 2.08. The van der Waals surface area contributed by atoms with Crippen LogP contribution in [0.25, 0.3) is 0 Å². The van der Waals surface area contributed by atoms with Gasteiger partial charge in [0.2, 0.25) is 5.95 Å². The molecule has 9 nitrogen and oxygen atoms in total. The fourth-order valence-electron chi connectivity index (χ4n) is 0.945. The molecule has 0 fully saturated rings. The van der Waals surface area contributed by atoms with Crippen LogP contribution in [-0.2, 0) is 9.24 Å². The molecule has 2 amide bonds. The average molecular weight is 296 g/mol. The number of rotatable bonds is 4. The highest BCUT2D eigenvalue weighted by molar-refractivity contribution is 8.12. The van der Waals surface area contributed by atoms with Crippen LogP contribution in [-0.4, -0.2) is 36.0 Å². The van der Waals surface area contributed by atoms with Crippen LogP contribution in [0.1, 0.15) is 12.7 Å². The summed E-state index contributed by atoms with van der Waals surface area (Å²) in [6, 6.07) is -1.06. The molecule has 18 heavy (non-hydrogen) atoms. The van der Waals surface area contributed by atoms with Gasteiger partial charge in [0, 0.05) is 10.7 Å². The zero-order valence-corrected chi connectivity index (χ0v) is 11.0. The second-order valence-corrected chi connectivity index (χ2v) is 5.21. The molecule has 0 bridgehead atoms. The summed E-state index contributed by atoms with van der Waals surface area (Å²) in [7, 11) is 0.663. The molecule has 2 N–H and O–H groups in total. The van der Waals surface area contributed by atoms with Crippen molar-refractivity contribution in [3.8, 4) is 6.01 Å². The van der Waals surface area contributed by atoms with E-state index in [0.717, 1.165) is 0 Å². The fourth-order valence-corrected chi connectivity index (χ4v) is 1.43. The first kappa shape index (κ1) is 14.4. The smallest absolute Gasteiger partial charge is 0.336 e. The predicted octanol–water partition coefficient (Wildman–Crippen LogP) is 0.184. The van der Waals surface area contributed by atoms with Crippen molar-refractivity contribution in [1.29, 1.82) is 0 Å². The van der Waals surface area contributed by atoms with Gasteiger partial charge in [-0.25, -0.2) is 9.52 Å². The molecule has 0 aliphatic heterocycles. The van der Waals surface area contributed by atoms with Gasteiger partial charge in [-0.1, -0.05) is 0 Å². The van der Waals surface area contributed by atoms with Gasteiger partial charge in [0.15, 0.2) is 0 Å². The Bertz CT molecular complexity index is 549. The van der Waals surface area contributed by atoms with Crippen molar-refractivity contribution in [2.45, 2.75) is 13.8 Å². The van der Waals surface area contributed by atoms with E-state index in [-0.39, 0.29) is 12.0 Å². The second-order valence-electron chi connectivity index (χ2n) is 2.92. The van der Waals surface area contributed by atoms with E-state index in [0.29, 0.717) is 12.4 Å². The van der Waals surface area contributed by atoms with E-state index >= 15 is 0 Å². The molecular formula is C7H10ClN5O4S. The van der Waals surface area contributed by atoms with Gasteiger partial charge in [0.25, 0.3) is 0 Å². The Morgan fingerprint density at radius 1 is 1.39 bits per heavy atom. The van der Waals surface area contributed by atoms with Gasteiger partial charge in [-0.05, 0) is 13.8 Å². The summed E-state index contributed by atoms with van der Waals surface area (Å²) >= 11 is 0. The number of halogens is 1. The lowest BCUT2D eigenvalue weighted by Gasteiger charge is -2.06. The number of hydrogen-bond acceptors (Lipinski definition) is 7. The van der Waals surface area contributed by atoms with Crippen molar-refractivity contribution in [3.05, 3.63) is 5.82 Å². The highest BCUT2D eigenvalue weighted by Crippen LogP contribution is 2.07. The van der Waals surface area contributed by atoms with Crippen LogP contribution < -0.4 is 14.8 Å². The maximum absolute atomic E-state index is 11.2. The molecule has 0 aliphatic carbocycles. The van der Waals surface area contributed by atoms with E-state index in [1.54, 1.807) is 13.8 Å². The Hall–Kier alpha value is -1.68. The molecule has 0 aromatic carbocycles. The molecule has 0 spiro atoms. The number of nitrogens with one attached hydrogen (secondary N) is 2. The molecule has 1 aromatic heterocycles. The highest BCUT2D eigenvalue weighted by atomic mass is 35.7. The Labute approximate surface area is 107 Å². The van der Waals surface area contributed by atoms with Crippen LogP contribution >= 0.6 is 10.7 Å². The van der Waals surface area contributed by atoms with Gasteiger partial charge >= 0.3 is 21.3 Å². The summed E-state index contributed by atoms with van der Waals surface area (Å²) in [5.74, 6) is 0.154. The van der Waals surface area contributed by atoms with E-state index in [1.165, 1.54) is 4.72 Å². The summed E-state index contributed by atoms with van der Waals surface area (Å²) < 4.78 is 27.7. The van der Waals surface area contributed by atoms with Gasteiger partial charge in [-0.3, -0.25) is 5.32 Å². The van der Waals surface area contributed by atoms with Crippen LogP contribution in [0.15, 0.2) is 0 Å². The van der Waals surface area contributed by atoms with E-state index < -0.39 is 15.3 Å². The molecule has 0 saturated heterocycles. The summed E-state index contributed by atoms with van der Waals surface area (Å²) in [6.45, 7) is 3.63. The first-order valence-electron chi connectivity index (χ1n) is 4.69. The number of ether oxygens (including phenoxy) is 1. The van der Waals surface area contributed by atoms with Crippen molar-refractivity contribution in [2.24, 2.45) is 0 Å². The number of anilines is 1. The number of amides is 2. The molecular weight excluding hydrogens is 286 g/mol. The lowest BCUT2D eigenvalue weighted by atomic mass is 10.7. The van der Waals surface area contributed by atoms with Crippen molar-refractivity contribution in [2.75, 3.05) is 11.9 Å². The third-order valence-electron chi connectivity index (χ3n) is 1.44. The number of aromatic nitrogens is 3. The van der Waals surface area contributed by atoms with Crippen molar-refractivity contribution < 1.29 is 17.9 Å². The van der Waals surface area contributed by atoms with E-state index in [2.05, 4.69) is 20.3 Å². The minimum atomic E-state index is -4.17. The minimum absolute atomic E-state index is 0.0223. The molecule has 0 radical (unpaired) electrons. The Morgan fingerprint density at radius 2 is 2.06 bits per heavy atom. The molecule has 0 saturated carbocycles. The van der Waals surface area contributed by atoms with Crippen LogP contribution in [0.3, 0.4) is 0 Å². The molecule has 0 unspecified atom stereocenters. The second kappa shape index (κ2) is 5.78. The highest BCUT2D eigenvalue weighted by Gasteiger charge is 2.13. The van der Waals surface area contributed by atoms with E-state index in [4.69, 9.17) is 15.4 Å². The lowest BCUT2D eigenvalue weighted by Crippen LogP contribution is -2.32. The molecule has 1 rings (SSSR count). The maximum atomic E-state index is 11.2. The number of hydrogen-bond donors (Lipinski definition) is 2. The molecule has 1 aromatic rings. The first-order valence-corrected chi connectivity index (χ1v) is 7.00. The minimum Gasteiger partial charge on any atom is -0.464 e. The first-order chi connectivity index (χ1) is 8.30. The molecule has 1 heterocycles. The van der Waals surface area contributed by atoms with E-state index in [1.807, 2.05) is 0 Å². The fraction of sp³-hybridized carbons (Fsp3) is 0.429. The van der Waals surface area contributed by atoms with Crippen LogP contribution in [0.5, 0.6) is 6.01 Å². The average Bonchev–Trinajstić information content (AvgIpc) is 2.12. The third-order valence-corrected chi connectivity index (χ3v) is 2.10. The van der Waals surface area contributed by atoms with Crippen molar-refractivity contribution in [3.63, 3.8) is 0 Å². The van der Waals surface area contributed by atoms with Crippen LogP contribution in [0, 0.1) is 6.92 Å². The third kappa shape index (κ3) is 5.10. The molecule has 100 valence electrons. The predicted molar refractivity (Wildman–Crippen MR) is 62.7 cm³/mol. The van der Waals surface area contributed by atoms with Crippen molar-refractivity contribution in [1.82, 2.24) is 19.7 Å². The maximum Gasteiger partial charge on any atom is 0.336 e. The molecule has 11 heteroatoms. The Kier molecular flexibility index (Phi) is 4.62. The summed E-state index contributed by atoms with van der Waals surface area (Å²) in [4.78, 5) is 22.5. The summed E-state index contributed by atoms with van der Waals surface area (Å²) in [5.41, 5.74) is 0. The van der Waals surface area contributed by atoms with Gasteiger partial charge in [-0.15, -0.1) is 0 Å². The largest absolute Gasteiger partial charge is 0.464 e. The molecule has 0 atom stereocenters. The lowest BCUT2D eigenvalue weighted by molar-refractivity contribution is 0.256. The topological polar surface area (TPSA) is 123 Å². The molecule has 0 aliphatic rings. The SMILES string of the molecule is CCOc1nc(C)nc(NC(=O)NS(=O)(=O)Cl)n1. The zero-order chi connectivity index (χ0) is 13.8. The normalized spacial score (nSPS) is 10.8. The van der Waals surface area contributed by atoms with Gasteiger partial charge in [0.05, 0.1) is 6.61 Å². The Balaban J connectivity index is 2.81. The van der Waals surface area contributed by atoms with Gasteiger partial charge in [0.1, 0.15) is 5.82 Å². The Morgan fingerprint density at radius 3 is 2.61 bits per heavy atom.